The molecule has 3 aromatic heterocycles. The van der Waals surface area contributed by atoms with Gasteiger partial charge in [-0.2, -0.15) is 15.2 Å². The molecule has 0 amide bonds. The molecular formula is C26H20N6O. The number of anilines is 2. The Kier molecular flexibility index (Phi) is 4.44. The first kappa shape index (κ1) is 19.3. The lowest BCUT2D eigenvalue weighted by atomic mass is 10.0. The molecule has 0 bridgehead atoms. The summed E-state index contributed by atoms with van der Waals surface area (Å²) >= 11 is 0. The maximum Gasteiger partial charge on any atom is 0.234 e. The number of hydrogen-bond acceptors (Lipinski definition) is 6. The summed E-state index contributed by atoms with van der Waals surface area (Å²) < 4.78 is 6.40. The highest BCUT2D eigenvalue weighted by molar-refractivity contribution is 5.90. The molecule has 7 heteroatoms. The van der Waals surface area contributed by atoms with Crippen LogP contribution in [0.4, 0.5) is 11.6 Å². The number of pyridine rings is 1. The van der Waals surface area contributed by atoms with Crippen LogP contribution >= 0.6 is 0 Å². The van der Waals surface area contributed by atoms with Crippen LogP contribution in [0.2, 0.25) is 0 Å². The number of nitrogens with one attached hydrogen (secondary N) is 2. The van der Waals surface area contributed by atoms with Gasteiger partial charge in [-0.05, 0) is 73.2 Å². The molecule has 3 heterocycles. The van der Waals surface area contributed by atoms with Crippen LogP contribution in [0.15, 0.2) is 60.9 Å². The minimum atomic E-state index is 0.399. The van der Waals surface area contributed by atoms with Crippen LogP contribution in [-0.4, -0.2) is 19.9 Å². The fourth-order valence-corrected chi connectivity index (χ4v) is 4.14. The van der Waals surface area contributed by atoms with E-state index in [1.54, 1.807) is 18.3 Å². The minimum absolute atomic E-state index is 0.399. The summed E-state index contributed by atoms with van der Waals surface area (Å²) in [7, 11) is 0. The molecule has 5 aromatic rings. The minimum Gasteiger partial charge on any atom is -0.436 e. The van der Waals surface area contributed by atoms with Crippen molar-refractivity contribution in [3.05, 3.63) is 77.6 Å². The molecule has 7 nitrogen and oxygen atoms in total. The van der Waals surface area contributed by atoms with E-state index >= 15 is 0 Å². The molecule has 2 aromatic carbocycles. The van der Waals surface area contributed by atoms with Gasteiger partial charge in [0.15, 0.2) is 5.75 Å². The van der Waals surface area contributed by atoms with E-state index < -0.39 is 0 Å². The van der Waals surface area contributed by atoms with E-state index in [-0.39, 0.29) is 0 Å². The van der Waals surface area contributed by atoms with Gasteiger partial charge in [0.25, 0.3) is 0 Å². The van der Waals surface area contributed by atoms with Gasteiger partial charge in [-0.15, -0.1) is 0 Å². The molecule has 33 heavy (non-hydrogen) atoms. The van der Waals surface area contributed by atoms with Crippen molar-refractivity contribution in [3.63, 3.8) is 0 Å². The van der Waals surface area contributed by atoms with Gasteiger partial charge in [-0.3, -0.25) is 4.98 Å². The van der Waals surface area contributed by atoms with Crippen LogP contribution < -0.4 is 10.1 Å². The number of nitriles is 1. The number of rotatable bonds is 5. The van der Waals surface area contributed by atoms with Crippen LogP contribution in [0.25, 0.3) is 21.9 Å². The highest BCUT2D eigenvalue weighted by Crippen LogP contribution is 2.45. The molecule has 1 saturated carbocycles. The van der Waals surface area contributed by atoms with E-state index in [1.165, 1.54) is 18.4 Å². The Labute approximate surface area is 190 Å². The summed E-state index contributed by atoms with van der Waals surface area (Å²) in [4.78, 5) is 17.1. The summed E-state index contributed by atoms with van der Waals surface area (Å²) in [5.41, 5.74) is 5.22. The van der Waals surface area contributed by atoms with Gasteiger partial charge >= 0.3 is 0 Å². The van der Waals surface area contributed by atoms with Crippen LogP contribution in [-0.2, 0) is 0 Å². The third-order valence-corrected chi connectivity index (χ3v) is 5.96. The second-order valence-corrected chi connectivity index (χ2v) is 8.29. The average molecular weight is 432 g/mol. The zero-order valence-corrected chi connectivity index (χ0v) is 18.0. The number of nitrogens with zero attached hydrogens (tertiary/aromatic N) is 4. The maximum atomic E-state index is 9.02. The first-order valence-corrected chi connectivity index (χ1v) is 10.9. The molecule has 1 aliphatic carbocycles. The number of fused-ring (bicyclic) bond motifs is 2. The predicted molar refractivity (Wildman–Crippen MR) is 127 cm³/mol. The summed E-state index contributed by atoms with van der Waals surface area (Å²) in [5.74, 6) is 2.14. The average Bonchev–Trinajstić information content (AvgIpc) is 3.62. The van der Waals surface area contributed by atoms with Crippen molar-refractivity contribution in [2.75, 3.05) is 5.32 Å². The maximum absolute atomic E-state index is 9.02. The Balaban J connectivity index is 1.42. The fraction of sp³-hybridized carbons (Fsp3) is 0.154. The van der Waals surface area contributed by atoms with Crippen molar-refractivity contribution in [1.82, 2.24) is 19.9 Å². The number of hydrogen-bond donors (Lipinski definition) is 2. The molecule has 6 rings (SSSR count). The SMILES string of the molecule is Cc1c[nH]c2nc(Nc3ccc(C#N)cc3)nc(Oc3ccc(C4CC4)c4cccnc34)c12. The zero-order chi connectivity index (χ0) is 22.4. The molecule has 0 unspecified atom stereocenters. The van der Waals surface area contributed by atoms with Crippen molar-refractivity contribution in [1.29, 1.82) is 5.26 Å². The third-order valence-electron chi connectivity index (χ3n) is 5.96. The number of benzene rings is 2. The lowest BCUT2D eigenvalue weighted by Crippen LogP contribution is -2.01. The first-order valence-electron chi connectivity index (χ1n) is 10.9. The highest BCUT2D eigenvalue weighted by Gasteiger charge is 2.26. The molecule has 0 atom stereocenters. The van der Waals surface area contributed by atoms with Crippen LogP contribution in [0, 0.1) is 18.3 Å². The lowest BCUT2D eigenvalue weighted by Gasteiger charge is -2.13. The molecular weight excluding hydrogens is 412 g/mol. The van der Waals surface area contributed by atoms with Crippen molar-refractivity contribution in [2.45, 2.75) is 25.7 Å². The second-order valence-electron chi connectivity index (χ2n) is 8.29. The quantitative estimate of drug-likeness (QED) is 0.348. The molecule has 0 aliphatic heterocycles. The standard InChI is InChI=1S/C26H20N6O/c1-15-14-29-24-22(15)25(32-26(31-24)30-18-8-4-16(13-27)5-9-18)33-21-11-10-19(17-6-7-17)20-3-2-12-28-23(20)21/h2-5,8-12,14,17H,6-7H2,1H3,(H2,29,30,31,32). The Morgan fingerprint density at radius 3 is 2.73 bits per heavy atom. The third kappa shape index (κ3) is 3.52. The monoisotopic (exact) mass is 432 g/mol. The van der Waals surface area contributed by atoms with Crippen LogP contribution in [0.5, 0.6) is 11.6 Å². The smallest absolute Gasteiger partial charge is 0.234 e. The summed E-state index contributed by atoms with van der Waals surface area (Å²) in [5, 5.41) is 14.2. The largest absolute Gasteiger partial charge is 0.436 e. The number of aromatic amines is 1. The number of ether oxygens (including phenoxy) is 1. The number of aromatic nitrogens is 4. The van der Waals surface area contributed by atoms with Gasteiger partial charge in [-0.1, -0.05) is 12.1 Å². The zero-order valence-electron chi connectivity index (χ0n) is 18.0. The first-order chi connectivity index (χ1) is 16.2. The van der Waals surface area contributed by atoms with Crippen molar-refractivity contribution in [2.24, 2.45) is 0 Å². The van der Waals surface area contributed by atoms with Gasteiger partial charge in [0.2, 0.25) is 11.8 Å². The van der Waals surface area contributed by atoms with E-state index in [1.807, 2.05) is 37.4 Å². The van der Waals surface area contributed by atoms with Crippen LogP contribution in [0.1, 0.15) is 35.4 Å². The van der Waals surface area contributed by atoms with E-state index in [2.05, 4.69) is 43.5 Å². The lowest BCUT2D eigenvalue weighted by molar-refractivity contribution is 0.473. The summed E-state index contributed by atoms with van der Waals surface area (Å²) in [6.07, 6.45) is 6.14. The van der Waals surface area contributed by atoms with Crippen molar-refractivity contribution < 1.29 is 4.74 Å². The second kappa shape index (κ2) is 7.61. The molecule has 0 saturated heterocycles. The van der Waals surface area contributed by atoms with Gasteiger partial charge in [-0.25, -0.2) is 0 Å². The molecule has 2 N–H and O–H groups in total. The van der Waals surface area contributed by atoms with Gasteiger partial charge < -0.3 is 15.0 Å². The number of H-pyrrole nitrogens is 1. The van der Waals surface area contributed by atoms with Crippen LogP contribution in [0.3, 0.4) is 0 Å². The van der Waals surface area contributed by atoms with Crippen molar-refractivity contribution >= 4 is 33.6 Å². The molecule has 0 radical (unpaired) electrons. The predicted octanol–water partition coefficient (Wildman–Crippen LogP) is 6.10. The van der Waals surface area contributed by atoms with E-state index in [0.29, 0.717) is 34.7 Å². The molecule has 0 spiro atoms. The fourth-order valence-electron chi connectivity index (χ4n) is 4.14. The normalized spacial score (nSPS) is 13.2. The molecule has 160 valence electrons. The Morgan fingerprint density at radius 2 is 1.94 bits per heavy atom. The number of aryl methyl sites for hydroxylation is 1. The van der Waals surface area contributed by atoms with E-state index in [4.69, 9.17) is 10.00 Å². The highest BCUT2D eigenvalue weighted by atomic mass is 16.5. The van der Waals surface area contributed by atoms with E-state index in [0.717, 1.165) is 27.5 Å². The Hall–Kier alpha value is -4.44. The molecule has 1 fully saturated rings. The van der Waals surface area contributed by atoms with Crippen molar-refractivity contribution in [3.8, 4) is 17.7 Å². The Morgan fingerprint density at radius 1 is 1.09 bits per heavy atom. The topological polar surface area (TPSA) is 99.5 Å². The van der Waals surface area contributed by atoms with Gasteiger partial charge in [0.1, 0.15) is 11.2 Å². The van der Waals surface area contributed by atoms with Gasteiger partial charge in [0.05, 0.1) is 17.0 Å². The summed E-state index contributed by atoms with van der Waals surface area (Å²) in [6, 6.07) is 17.5. The van der Waals surface area contributed by atoms with E-state index in [9.17, 15) is 0 Å². The Bertz CT molecular complexity index is 1540. The molecule has 1 aliphatic rings. The summed E-state index contributed by atoms with van der Waals surface area (Å²) in [6.45, 7) is 2.00. The van der Waals surface area contributed by atoms with Gasteiger partial charge in [0, 0.05) is 23.5 Å².